The molecule has 76 valence electrons. The summed E-state index contributed by atoms with van der Waals surface area (Å²) < 4.78 is 1.79. The maximum absolute atomic E-state index is 5.75. The van der Waals surface area contributed by atoms with Crippen LogP contribution in [-0.4, -0.2) is 20.5 Å². The molecule has 0 radical (unpaired) electrons. The number of aromatic nitrogens is 3. The van der Waals surface area contributed by atoms with Crippen molar-refractivity contribution in [2.45, 2.75) is 39.3 Å². The highest BCUT2D eigenvalue weighted by Gasteiger charge is 2.05. The molecule has 1 aromatic rings. The Kier molecular flexibility index (Phi) is 3.26. The average molecular weight is 192 g/mol. The summed E-state index contributed by atoms with van der Waals surface area (Å²) in [6.45, 7) is 6.67. The quantitative estimate of drug-likeness (QED) is 0.704. The van der Waals surface area contributed by atoms with Crippen molar-refractivity contribution >= 4 is 0 Å². The van der Waals surface area contributed by atoms with Gasteiger partial charge in [-0.25, -0.2) is 4.68 Å². The normalized spacial score (nSPS) is 10.9. The van der Waals surface area contributed by atoms with E-state index >= 15 is 0 Å². The Morgan fingerprint density at radius 1 is 1.57 bits per heavy atom. The highest BCUT2D eigenvalue weighted by Crippen LogP contribution is 1.98. The Morgan fingerprint density at radius 2 is 2.29 bits per heavy atom. The second-order valence-corrected chi connectivity index (χ2v) is 3.81. The van der Waals surface area contributed by atoms with Crippen molar-refractivity contribution in [2.75, 3.05) is 0 Å². The lowest BCUT2D eigenvalue weighted by atomic mass is 10.1. The monoisotopic (exact) mass is 192 g/mol. The number of aryl methyl sites for hydroxylation is 1. The smallest absolute Gasteiger partial charge is 0.131 e. The van der Waals surface area contributed by atoms with Crippen molar-refractivity contribution in [3.05, 3.63) is 11.9 Å². The first kappa shape index (κ1) is 10.7. The van der Waals surface area contributed by atoms with Crippen molar-refractivity contribution in [1.82, 2.24) is 15.0 Å². The number of hydrogen-bond donors (Lipinski definition) is 1. The molecule has 0 saturated heterocycles. The summed E-state index contributed by atoms with van der Waals surface area (Å²) in [4.78, 5) is 0. The molecule has 0 unspecified atom stereocenters. The van der Waals surface area contributed by atoms with E-state index in [2.05, 4.69) is 29.1 Å². The highest BCUT2D eigenvalue weighted by molar-refractivity contribution is 5.28. The van der Waals surface area contributed by atoms with Crippen LogP contribution >= 0.6 is 0 Å². The van der Waals surface area contributed by atoms with Gasteiger partial charge in [0.25, 0.3) is 0 Å². The van der Waals surface area contributed by atoms with Gasteiger partial charge in [-0.1, -0.05) is 18.1 Å². The van der Waals surface area contributed by atoms with E-state index in [-0.39, 0.29) is 0 Å². The van der Waals surface area contributed by atoms with Crippen molar-refractivity contribution in [3.63, 3.8) is 0 Å². The molecular weight excluding hydrogens is 176 g/mol. The molecule has 2 N–H and O–H groups in total. The fraction of sp³-hybridized carbons (Fsp3) is 0.600. The molecule has 0 aromatic carbocycles. The topological polar surface area (TPSA) is 56.7 Å². The maximum atomic E-state index is 5.75. The van der Waals surface area contributed by atoms with Crippen LogP contribution in [0.15, 0.2) is 6.20 Å². The Bertz CT molecular complexity index is 348. The standard InChI is InChI=1S/C10H16N4/c1-4-7-14-9(8-12-13-14)5-6-10(2,3)11/h8H,4,7,11H2,1-3H3. The van der Waals surface area contributed by atoms with Crippen molar-refractivity contribution < 1.29 is 0 Å². The van der Waals surface area contributed by atoms with Gasteiger partial charge in [-0.15, -0.1) is 5.10 Å². The van der Waals surface area contributed by atoms with Crippen molar-refractivity contribution in [1.29, 1.82) is 0 Å². The van der Waals surface area contributed by atoms with Gasteiger partial charge in [-0.2, -0.15) is 0 Å². The Labute approximate surface area is 84.5 Å². The number of nitrogens with two attached hydrogens (primary N) is 1. The van der Waals surface area contributed by atoms with Gasteiger partial charge >= 0.3 is 0 Å². The zero-order valence-corrected chi connectivity index (χ0v) is 8.91. The minimum Gasteiger partial charge on any atom is -0.316 e. The number of rotatable bonds is 2. The van der Waals surface area contributed by atoms with Crippen LogP contribution < -0.4 is 5.73 Å². The van der Waals surface area contributed by atoms with Gasteiger partial charge in [0.05, 0.1) is 11.7 Å². The third kappa shape index (κ3) is 3.19. The van der Waals surface area contributed by atoms with Crippen LogP contribution in [-0.2, 0) is 6.54 Å². The molecule has 0 atom stereocenters. The molecule has 1 rings (SSSR count). The van der Waals surface area contributed by atoms with Gasteiger partial charge < -0.3 is 5.73 Å². The van der Waals surface area contributed by atoms with E-state index in [1.54, 1.807) is 10.9 Å². The third-order valence-corrected chi connectivity index (χ3v) is 1.57. The van der Waals surface area contributed by atoms with Crippen LogP contribution in [0.4, 0.5) is 0 Å². The van der Waals surface area contributed by atoms with E-state index in [1.807, 2.05) is 13.8 Å². The van der Waals surface area contributed by atoms with Crippen LogP contribution in [0.3, 0.4) is 0 Å². The summed E-state index contributed by atoms with van der Waals surface area (Å²) in [5.74, 6) is 5.93. The fourth-order valence-electron chi connectivity index (χ4n) is 0.957. The van der Waals surface area contributed by atoms with Crippen LogP contribution in [0.25, 0.3) is 0 Å². The van der Waals surface area contributed by atoms with Crippen molar-refractivity contribution in [3.8, 4) is 11.8 Å². The highest BCUT2D eigenvalue weighted by atomic mass is 15.4. The molecule has 4 nitrogen and oxygen atoms in total. The van der Waals surface area contributed by atoms with Gasteiger partial charge in [-0.3, -0.25) is 0 Å². The Morgan fingerprint density at radius 3 is 2.86 bits per heavy atom. The number of nitrogens with zero attached hydrogens (tertiary/aromatic N) is 3. The second-order valence-electron chi connectivity index (χ2n) is 3.81. The summed E-state index contributed by atoms with van der Waals surface area (Å²) in [5.41, 5.74) is 6.11. The van der Waals surface area contributed by atoms with E-state index in [1.165, 1.54) is 0 Å². The summed E-state index contributed by atoms with van der Waals surface area (Å²) >= 11 is 0. The molecule has 1 aromatic heterocycles. The summed E-state index contributed by atoms with van der Waals surface area (Å²) in [6.07, 6.45) is 2.68. The summed E-state index contributed by atoms with van der Waals surface area (Å²) in [6, 6.07) is 0. The van der Waals surface area contributed by atoms with Gasteiger partial charge in [0.15, 0.2) is 0 Å². The maximum Gasteiger partial charge on any atom is 0.131 e. The molecule has 0 aliphatic carbocycles. The van der Waals surface area contributed by atoms with Crippen LogP contribution in [0.2, 0.25) is 0 Å². The lowest BCUT2D eigenvalue weighted by Crippen LogP contribution is -2.29. The van der Waals surface area contributed by atoms with Gasteiger partial charge in [0, 0.05) is 6.54 Å². The largest absolute Gasteiger partial charge is 0.316 e. The van der Waals surface area contributed by atoms with E-state index in [9.17, 15) is 0 Å². The van der Waals surface area contributed by atoms with E-state index in [4.69, 9.17) is 5.73 Å². The molecule has 0 fully saturated rings. The average Bonchev–Trinajstić information content (AvgIpc) is 2.48. The number of hydrogen-bond acceptors (Lipinski definition) is 3. The fourth-order valence-corrected chi connectivity index (χ4v) is 0.957. The minimum absolute atomic E-state index is 0.471. The molecule has 4 heteroatoms. The molecule has 0 spiro atoms. The molecule has 0 saturated carbocycles. The lowest BCUT2D eigenvalue weighted by molar-refractivity contribution is 0.573. The zero-order valence-electron chi connectivity index (χ0n) is 8.91. The minimum atomic E-state index is -0.471. The first-order chi connectivity index (χ1) is 6.53. The van der Waals surface area contributed by atoms with Crippen LogP contribution in [0, 0.1) is 11.8 Å². The van der Waals surface area contributed by atoms with Gasteiger partial charge in [0.1, 0.15) is 5.69 Å². The first-order valence-corrected chi connectivity index (χ1v) is 4.73. The van der Waals surface area contributed by atoms with Gasteiger partial charge in [-0.05, 0) is 26.2 Å². The third-order valence-electron chi connectivity index (χ3n) is 1.57. The Hall–Kier alpha value is -1.34. The van der Waals surface area contributed by atoms with E-state index in [0.717, 1.165) is 18.7 Å². The SMILES string of the molecule is CCCn1nncc1C#CC(C)(C)N. The predicted molar refractivity (Wildman–Crippen MR) is 55.5 cm³/mol. The molecule has 14 heavy (non-hydrogen) atoms. The summed E-state index contributed by atoms with van der Waals surface area (Å²) in [5, 5.41) is 7.74. The molecular formula is C10H16N4. The van der Waals surface area contributed by atoms with E-state index in [0.29, 0.717) is 0 Å². The first-order valence-electron chi connectivity index (χ1n) is 4.73. The molecule has 0 aliphatic rings. The molecule has 0 bridgehead atoms. The Balaban J connectivity index is 2.84. The molecule has 0 amide bonds. The molecule has 1 heterocycles. The predicted octanol–water partition coefficient (Wildman–Crippen LogP) is 0.777. The van der Waals surface area contributed by atoms with E-state index < -0.39 is 5.54 Å². The van der Waals surface area contributed by atoms with Crippen LogP contribution in [0.5, 0.6) is 0 Å². The summed E-state index contributed by atoms with van der Waals surface area (Å²) in [7, 11) is 0. The molecule has 0 aliphatic heterocycles. The van der Waals surface area contributed by atoms with Crippen molar-refractivity contribution in [2.24, 2.45) is 5.73 Å². The zero-order chi connectivity index (χ0) is 10.6. The lowest BCUT2D eigenvalue weighted by Gasteiger charge is -2.07. The van der Waals surface area contributed by atoms with Gasteiger partial charge in [0.2, 0.25) is 0 Å². The van der Waals surface area contributed by atoms with Crippen LogP contribution in [0.1, 0.15) is 32.9 Å². The second kappa shape index (κ2) is 4.25.